The van der Waals surface area contributed by atoms with E-state index in [2.05, 4.69) is 0 Å². The number of ether oxygens (including phenoxy) is 1. The molecule has 118 valence electrons. The topological polar surface area (TPSA) is 49.9 Å². The number of hydrogen-bond acceptors (Lipinski definition) is 3. The smallest absolute Gasteiger partial charge is 0.228 e. The minimum Gasteiger partial charge on any atom is -0.383 e. The molecule has 1 atom stereocenters. The van der Waals surface area contributed by atoms with Gasteiger partial charge < -0.3 is 14.5 Å². The van der Waals surface area contributed by atoms with Crippen LogP contribution in [-0.2, 0) is 14.3 Å². The third kappa shape index (κ3) is 2.93. The van der Waals surface area contributed by atoms with E-state index in [1.165, 1.54) is 25.7 Å². The Balaban J connectivity index is 1.55. The lowest BCUT2D eigenvalue weighted by atomic mass is 9.86. The summed E-state index contributed by atoms with van der Waals surface area (Å²) in [5, 5.41) is 0. The van der Waals surface area contributed by atoms with Gasteiger partial charge in [-0.2, -0.15) is 0 Å². The van der Waals surface area contributed by atoms with Crippen LogP contribution in [0.4, 0.5) is 0 Å². The van der Waals surface area contributed by atoms with Crippen molar-refractivity contribution in [2.24, 2.45) is 11.3 Å². The van der Waals surface area contributed by atoms with Gasteiger partial charge in [0.25, 0.3) is 0 Å². The summed E-state index contributed by atoms with van der Waals surface area (Å²) < 4.78 is 5.02. The van der Waals surface area contributed by atoms with Crippen LogP contribution < -0.4 is 0 Å². The number of rotatable bonds is 4. The van der Waals surface area contributed by atoms with E-state index in [0.717, 1.165) is 19.5 Å². The van der Waals surface area contributed by atoms with E-state index in [9.17, 15) is 9.59 Å². The number of amides is 2. The van der Waals surface area contributed by atoms with Crippen LogP contribution in [-0.4, -0.2) is 61.5 Å². The second-order valence-electron chi connectivity index (χ2n) is 6.95. The number of methoxy groups -OCH3 is 1. The van der Waals surface area contributed by atoms with Gasteiger partial charge in [0.2, 0.25) is 11.8 Å². The summed E-state index contributed by atoms with van der Waals surface area (Å²) in [5.74, 6) is 0.165. The molecule has 0 N–H and O–H groups in total. The van der Waals surface area contributed by atoms with E-state index in [1.807, 2.05) is 4.90 Å². The molecular weight excluding hydrogens is 268 g/mol. The van der Waals surface area contributed by atoms with Crippen molar-refractivity contribution in [1.29, 1.82) is 0 Å². The highest BCUT2D eigenvalue weighted by atomic mass is 16.5. The molecule has 5 heteroatoms. The van der Waals surface area contributed by atoms with Crippen LogP contribution in [0.1, 0.15) is 38.5 Å². The first-order valence-corrected chi connectivity index (χ1v) is 8.19. The average molecular weight is 294 g/mol. The summed E-state index contributed by atoms with van der Waals surface area (Å²) in [6.45, 7) is 3.53. The first-order chi connectivity index (χ1) is 10.1. The quantitative estimate of drug-likeness (QED) is 0.784. The highest BCUT2D eigenvalue weighted by molar-refractivity contribution is 5.89. The monoisotopic (exact) mass is 294 g/mol. The van der Waals surface area contributed by atoms with Crippen molar-refractivity contribution >= 4 is 11.8 Å². The van der Waals surface area contributed by atoms with E-state index in [-0.39, 0.29) is 17.7 Å². The SMILES string of the molecule is COCCN1CC(C(=O)N2CCC3(CCCC3)C2)CC1=O. The van der Waals surface area contributed by atoms with Crippen LogP contribution in [0.5, 0.6) is 0 Å². The summed E-state index contributed by atoms with van der Waals surface area (Å²) in [5.41, 5.74) is 0.411. The zero-order valence-corrected chi connectivity index (χ0v) is 13.0. The Bertz CT molecular complexity index is 418. The maximum Gasteiger partial charge on any atom is 0.228 e. The van der Waals surface area contributed by atoms with Crippen LogP contribution >= 0.6 is 0 Å². The molecule has 0 aromatic heterocycles. The summed E-state index contributed by atoms with van der Waals surface area (Å²) in [6, 6.07) is 0. The predicted octanol–water partition coefficient (Wildman–Crippen LogP) is 1.27. The summed E-state index contributed by atoms with van der Waals surface area (Å²) in [6.07, 6.45) is 6.73. The van der Waals surface area contributed by atoms with Gasteiger partial charge in [0.15, 0.2) is 0 Å². The number of carbonyl (C=O) groups excluding carboxylic acids is 2. The van der Waals surface area contributed by atoms with Crippen molar-refractivity contribution in [3.63, 3.8) is 0 Å². The van der Waals surface area contributed by atoms with Crippen LogP contribution in [0.15, 0.2) is 0 Å². The molecule has 1 unspecified atom stereocenters. The fourth-order valence-electron chi connectivity index (χ4n) is 4.27. The van der Waals surface area contributed by atoms with Crippen molar-refractivity contribution in [2.45, 2.75) is 38.5 Å². The fourth-order valence-corrected chi connectivity index (χ4v) is 4.27. The molecule has 1 aliphatic carbocycles. The molecule has 5 nitrogen and oxygen atoms in total. The highest BCUT2D eigenvalue weighted by Crippen LogP contribution is 2.45. The van der Waals surface area contributed by atoms with Crippen LogP contribution in [0.2, 0.25) is 0 Å². The van der Waals surface area contributed by atoms with Crippen molar-refractivity contribution in [3.8, 4) is 0 Å². The lowest BCUT2D eigenvalue weighted by Gasteiger charge is -2.25. The Morgan fingerprint density at radius 2 is 2.10 bits per heavy atom. The predicted molar refractivity (Wildman–Crippen MR) is 78.7 cm³/mol. The minimum atomic E-state index is -0.133. The molecule has 0 radical (unpaired) electrons. The van der Waals surface area contributed by atoms with E-state index in [1.54, 1.807) is 12.0 Å². The molecule has 3 fully saturated rings. The van der Waals surface area contributed by atoms with Gasteiger partial charge in [0.1, 0.15) is 0 Å². The number of hydrogen-bond donors (Lipinski definition) is 0. The van der Waals surface area contributed by atoms with Gasteiger partial charge in [-0.15, -0.1) is 0 Å². The molecule has 2 amide bonds. The van der Waals surface area contributed by atoms with Gasteiger partial charge in [0.05, 0.1) is 12.5 Å². The van der Waals surface area contributed by atoms with Crippen LogP contribution in [0.3, 0.4) is 0 Å². The van der Waals surface area contributed by atoms with Gasteiger partial charge >= 0.3 is 0 Å². The zero-order chi connectivity index (χ0) is 14.9. The van der Waals surface area contributed by atoms with Gasteiger partial charge in [-0.05, 0) is 24.7 Å². The molecule has 1 spiro atoms. The largest absolute Gasteiger partial charge is 0.383 e. The van der Waals surface area contributed by atoms with Gasteiger partial charge in [-0.1, -0.05) is 12.8 Å². The molecule has 0 aromatic carbocycles. The van der Waals surface area contributed by atoms with Crippen LogP contribution in [0, 0.1) is 11.3 Å². The molecule has 3 aliphatic rings. The summed E-state index contributed by atoms with van der Waals surface area (Å²) in [7, 11) is 1.63. The maximum absolute atomic E-state index is 12.7. The fraction of sp³-hybridized carbons (Fsp3) is 0.875. The Labute approximate surface area is 126 Å². The van der Waals surface area contributed by atoms with E-state index < -0.39 is 0 Å². The standard InChI is InChI=1S/C16H26N2O3/c1-21-9-8-17-11-13(10-14(17)19)15(20)18-7-6-16(12-18)4-2-3-5-16/h13H,2-12H2,1H3. The van der Waals surface area contributed by atoms with Crippen molar-refractivity contribution in [1.82, 2.24) is 9.80 Å². The Morgan fingerprint density at radius 1 is 1.33 bits per heavy atom. The lowest BCUT2D eigenvalue weighted by molar-refractivity contribution is -0.135. The Kier molecular flexibility index (Phi) is 4.20. The third-order valence-electron chi connectivity index (χ3n) is 5.54. The van der Waals surface area contributed by atoms with Crippen molar-refractivity contribution < 1.29 is 14.3 Å². The van der Waals surface area contributed by atoms with Crippen molar-refractivity contribution in [3.05, 3.63) is 0 Å². The molecule has 2 heterocycles. The number of nitrogens with zero attached hydrogens (tertiary/aromatic N) is 2. The zero-order valence-electron chi connectivity index (χ0n) is 13.0. The number of carbonyl (C=O) groups is 2. The first-order valence-electron chi connectivity index (χ1n) is 8.19. The van der Waals surface area contributed by atoms with E-state index in [4.69, 9.17) is 4.74 Å². The molecule has 0 aromatic rings. The molecule has 0 bridgehead atoms. The lowest BCUT2D eigenvalue weighted by Crippen LogP contribution is -2.37. The third-order valence-corrected chi connectivity index (χ3v) is 5.54. The molecule has 1 saturated carbocycles. The van der Waals surface area contributed by atoms with Gasteiger partial charge in [-0.25, -0.2) is 0 Å². The highest BCUT2D eigenvalue weighted by Gasteiger charge is 2.44. The summed E-state index contributed by atoms with van der Waals surface area (Å²) >= 11 is 0. The Hall–Kier alpha value is -1.10. The molecular formula is C16H26N2O3. The Morgan fingerprint density at radius 3 is 2.81 bits per heavy atom. The van der Waals surface area contributed by atoms with Gasteiger partial charge in [0, 0.05) is 39.7 Å². The second kappa shape index (κ2) is 5.95. The van der Waals surface area contributed by atoms with Crippen molar-refractivity contribution in [2.75, 3.05) is 39.9 Å². The van der Waals surface area contributed by atoms with Gasteiger partial charge in [-0.3, -0.25) is 9.59 Å². The maximum atomic E-state index is 12.7. The number of likely N-dealkylation sites (tertiary alicyclic amines) is 2. The molecule has 2 aliphatic heterocycles. The first kappa shape index (κ1) is 14.8. The molecule has 3 rings (SSSR count). The normalized spacial score (nSPS) is 28.0. The van der Waals surface area contributed by atoms with Crippen LogP contribution in [0.25, 0.3) is 0 Å². The van der Waals surface area contributed by atoms with E-state index in [0.29, 0.717) is 31.5 Å². The minimum absolute atomic E-state index is 0.0974. The summed E-state index contributed by atoms with van der Waals surface area (Å²) in [4.78, 5) is 28.4. The molecule has 21 heavy (non-hydrogen) atoms. The second-order valence-corrected chi connectivity index (χ2v) is 6.95. The molecule has 2 saturated heterocycles. The average Bonchev–Trinajstić information content (AvgIpc) is 3.19. The van der Waals surface area contributed by atoms with E-state index >= 15 is 0 Å².